The Morgan fingerprint density at radius 1 is 0.971 bits per heavy atom. The number of nitrogens with one attached hydrogen (secondary N) is 1. The molecule has 4 amide bonds. The van der Waals surface area contributed by atoms with Gasteiger partial charge in [0.05, 0.1) is 23.9 Å². The zero-order valence-electron chi connectivity index (χ0n) is 18.9. The predicted molar refractivity (Wildman–Crippen MR) is 128 cm³/mol. The van der Waals surface area contributed by atoms with Gasteiger partial charge in [0.15, 0.2) is 0 Å². The first-order valence-corrected chi connectivity index (χ1v) is 11.4. The van der Waals surface area contributed by atoms with Crippen molar-refractivity contribution in [2.24, 2.45) is 11.7 Å². The Balaban J connectivity index is 1.24. The van der Waals surface area contributed by atoms with Crippen molar-refractivity contribution in [3.05, 3.63) is 83.3 Å². The lowest BCUT2D eigenvalue weighted by Crippen LogP contribution is -2.38. The summed E-state index contributed by atoms with van der Waals surface area (Å²) in [5.74, 6) is -1.07. The number of benzene rings is 2. The van der Waals surface area contributed by atoms with Gasteiger partial charge in [-0.1, -0.05) is 0 Å². The number of hydrogen-bond donors (Lipinski definition) is 2. The summed E-state index contributed by atoms with van der Waals surface area (Å²) in [6.45, 7) is 1.53. The molecular formula is C26H24N4O5. The molecule has 0 spiro atoms. The maximum Gasteiger partial charge on any atom is 0.261 e. The van der Waals surface area contributed by atoms with Crippen molar-refractivity contribution in [2.75, 3.05) is 23.3 Å². The van der Waals surface area contributed by atoms with E-state index in [1.807, 2.05) is 12.1 Å². The maximum absolute atomic E-state index is 12.8. The normalized spacial score (nSPS) is 15.9. The fraction of sp³-hybridized carbons (Fsp3) is 0.231. The van der Waals surface area contributed by atoms with Gasteiger partial charge in [0.2, 0.25) is 5.91 Å². The molecule has 9 heteroatoms. The molecule has 2 aliphatic heterocycles. The van der Waals surface area contributed by atoms with Crippen LogP contribution in [0.3, 0.4) is 0 Å². The van der Waals surface area contributed by atoms with Gasteiger partial charge in [0, 0.05) is 35.9 Å². The Labute approximate surface area is 201 Å². The fourth-order valence-corrected chi connectivity index (χ4v) is 4.51. The molecule has 3 aromatic rings. The second kappa shape index (κ2) is 9.09. The van der Waals surface area contributed by atoms with Gasteiger partial charge in [-0.15, -0.1) is 0 Å². The summed E-state index contributed by atoms with van der Waals surface area (Å²) >= 11 is 0. The summed E-state index contributed by atoms with van der Waals surface area (Å²) in [7, 11) is 0. The minimum Gasteiger partial charge on any atom is -0.467 e. The van der Waals surface area contributed by atoms with Gasteiger partial charge >= 0.3 is 0 Å². The van der Waals surface area contributed by atoms with Gasteiger partial charge in [-0.25, -0.2) is 0 Å². The molecule has 1 saturated heterocycles. The third kappa shape index (κ3) is 4.40. The monoisotopic (exact) mass is 472 g/mol. The van der Waals surface area contributed by atoms with E-state index in [0.717, 1.165) is 36.5 Å². The average molecular weight is 473 g/mol. The average Bonchev–Trinajstić information content (AvgIpc) is 3.47. The summed E-state index contributed by atoms with van der Waals surface area (Å²) in [6, 6.07) is 15.3. The number of nitrogens with two attached hydrogens (primary N) is 1. The van der Waals surface area contributed by atoms with Crippen LogP contribution in [-0.2, 0) is 11.3 Å². The topological polar surface area (TPSA) is 126 Å². The lowest BCUT2D eigenvalue weighted by atomic mass is 9.96. The molecule has 2 aliphatic rings. The van der Waals surface area contributed by atoms with Gasteiger partial charge in [-0.2, -0.15) is 0 Å². The number of imide groups is 1. The van der Waals surface area contributed by atoms with E-state index in [2.05, 4.69) is 10.2 Å². The lowest BCUT2D eigenvalue weighted by molar-refractivity contribution is -0.122. The molecule has 0 saturated carbocycles. The second-order valence-electron chi connectivity index (χ2n) is 8.70. The molecule has 0 bridgehead atoms. The van der Waals surface area contributed by atoms with E-state index in [4.69, 9.17) is 10.2 Å². The van der Waals surface area contributed by atoms with Crippen LogP contribution in [-0.4, -0.2) is 41.6 Å². The number of anilines is 2. The van der Waals surface area contributed by atoms with Gasteiger partial charge < -0.3 is 20.4 Å². The van der Waals surface area contributed by atoms with E-state index in [0.29, 0.717) is 11.4 Å². The van der Waals surface area contributed by atoms with Crippen LogP contribution >= 0.6 is 0 Å². The third-order valence-electron chi connectivity index (χ3n) is 6.51. The van der Waals surface area contributed by atoms with E-state index in [1.54, 1.807) is 24.3 Å². The number of furan rings is 1. The number of primary amides is 1. The van der Waals surface area contributed by atoms with Crippen LogP contribution in [0.15, 0.2) is 65.3 Å². The molecule has 3 N–H and O–H groups in total. The van der Waals surface area contributed by atoms with Gasteiger partial charge in [-0.3, -0.25) is 24.1 Å². The highest BCUT2D eigenvalue weighted by Crippen LogP contribution is 2.27. The van der Waals surface area contributed by atoms with E-state index < -0.39 is 11.8 Å². The molecule has 9 nitrogen and oxygen atoms in total. The first-order valence-electron chi connectivity index (χ1n) is 11.4. The summed E-state index contributed by atoms with van der Waals surface area (Å²) < 4.78 is 5.25. The summed E-state index contributed by atoms with van der Waals surface area (Å²) in [5, 5.41) is 2.83. The van der Waals surface area contributed by atoms with Crippen LogP contribution < -0.4 is 16.0 Å². The molecule has 0 unspecified atom stereocenters. The molecule has 0 radical (unpaired) electrons. The SMILES string of the molecule is NC(=O)C1CCN(c2ccc(NC(=O)c3ccc4c(c3)C(=O)N(Cc3ccco3)C4=O)cc2)CC1. The number of carbonyl (C=O) groups excluding carboxylic acids is 4. The van der Waals surface area contributed by atoms with Gasteiger partial charge in [-0.05, 0) is 67.4 Å². The highest BCUT2D eigenvalue weighted by molar-refractivity contribution is 6.22. The fourth-order valence-electron chi connectivity index (χ4n) is 4.51. The number of nitrogens with zero attached hydrogens (tertiary/aromatic N) is 2. The van der Waals surface area contributed by atoms with Crippen molar-refractivity contribution in [1.82, 2.24) is 4.90 Å². The van der Waals surface area contributed by atoms with Crippen LogP contribution in [0.4, 0.5) is 11.4 Å². The first-order chi connectivity index (χ1) is 16.9. The number of carbonyl (C=O) groups is 4. The summed E-state index contributed by atoms with van der Waals surface area (Å²) in [6.07, 6.45) is 2.94. The number of hydrogen-bond acceptors (Lipinski definition) is 6. The standard InChI is InChI=1S/C26H24N4O5/c27-23(31)16-9-11-29(12-10-16)19-6-4-18(5-7-19)28-24(32)17-3-8-21-22(14-17)26(34)30(25(21)33)15-20-2-1-13-35-20/h1-8,13-14,16H,9-12,15H2,(H2,27,31)(H,28,32). The zero-order valence-corrected chi connectivity index (χ0v) is 18.9. The molecular weight excluding hydrogens is 448 g/mol. The Kier molecular flexibility index (Phi) is 5.82. The molecule has 35 heavy (non-hydrogen) atoms. The highest BCUT2D eigenvalue weighted by Gasteiger charge is 2.36. The minimum atomic E-state index is -0.458. The minimum absolute atomic E-state index is 0.0351. The van der Waals surface area contributed by atoms with Crippen LogP contribution in [0.2, 0.25) is 0 Å². The smallest absolute Gasteiger partial charge is 0.261 e. The van der Waals surface area contributed by atoms with Crippen molar-refractivity contribution in [2.45, 2.75) is 19.4 Å². The van der Waals surface area contributed by atoms with E-state index >= 15 is 0 Å². The Bertz CT molecular complexity index is 1290. The zero-order chi connectivity index (χ0) is 24.5. The van der Waals surface area contributed by atoms with Crippen molar-refractivity contribution < 1.29 is 23.6 Å². The van der Waals surface area contributed by atoms with Crippen molar-refractivity contribution in [1.29, 1.82) is 0 Å². The molecule has 0 aliphatic carbocycles. The largest absolute Gasteiger partial charge is 0.467 e. The maximum atomic E-state index is 12.8. The predicted octanol–water partition coefficient (Wildman–Crippen LogP) is 3.03. The molecule has 1 aromatic heterocycles. The van der Waals surface area contributed by atoms with E-state index in [-0.39, 0.29) is 41.0 Å². The van der Waals surface area contributed by atoms with Crippen LogP contribution in [0.25, 0.3) is 0 Å². The lowest BCUT2D eigenvalue weighted by Gasteiger charge is -2.32. The number of fused-ring (bicyclic) bond motifs is 1. The first kappa shape index (κ1) is 22.4. The van der Waals surface area contributed by atoms with Crippen molar-refractivity contribution >= 4 is 35.0 Å². The third-order valence-corrected chi connectivity index (χ3v) is 6.51. The Morgan fingerprint density at radius 2 is 1.69 bits per heavy atom. The summed E-state index contributed by atoms with van der Waals surface area (Å²) in [4.78, 5) is 53.0. The Morgan fingerprint density at radius 3 is 2.34 bits per heavy atom. The molecule has 3 heterocycles. The van der Waals surface area contributed by atoms with E-state index in [1.165, 1.54) is 24.5 Å². The van der Waals surface area contributed by atoms with Crippen LogP contribution in [0.5, 0.6) is 0 Å². The molecule has 2 aromatic carbocycles. The molecule has 0 atom stereocenters. The number of amides is 4. The van der Waals surface area contributed by atoms with Crippen molar-refractivity contribution in [3.63, 3.8) is 0 Å². The van der Waals surface area contributed by atoms with Gasteiger partial charge in [0.25, 0.3) is 17.7 Å². The van der Waals surface area contributed by atoms with Crippen LogP contribution in [0.1, 0.15) is 49.7 Å². The number of rotatable bonds is 6. The second-order valence-corrected chi connectivity index (χ2v) is 8.70. The molecule has 1 fully saturated rings. The van der Waals surface area contributed by atoms with Crippen LogP contribution in [0, 0.1) is 5.92 Å². The Hall–Kier alpha value is -4.40. The molecule has 5 rings (SSSR count). The molecule has 178 valence electrons. The van der Waals surface area contributed by atoms with Crippen molar-refractivity contribution in [3.8, 4) is 0 Å². The van der Waals surface area contributed by atoms with Gasteiger partial charge in [0.1, 0.15) is 5.76 Å². The van der Waals surface area contributed by atoms with E-state index in [9.17, 15) is 19.2 Å². The summed E-state index contributed by atoms with van der Waals surface area (Å²) in [5.41, 5.74) is 7.76. The quantitative estimate of drug-likeness (QED) is 0.531. The highest BCUT2D eigenvalue weighted by atomic mass is 16.3. The number of piperidine rings is 1.